The highest BCUT2D eigenvalue weighted by Gasteiger charge is 2.31. The summed E-state index contributed by atoms with van der Waals surface area (Å²) in [5, 5.41) is 54.8. The van der Waals surface area contributed by atoms with E-state index in [0.29, 0.717) is 12.4 Å². The standard InChI is InChI=1S/4C16H27N5O2/c4*1-9-5-6-10(7-12(9)22)19-14-11(13(17)23)8-18-15(20-14)21-16(2,3)4/h4*8-10,12,22H,5-7H2,1-4H3,(H2,17,23)(H2,18,19,20,21)/i1D3,2D3,3D3,4D3,5D2,6D2,7D2,9D,10D,12D;1D3,2D3,3D3,4D3,5D2,7D2,8D,12D;1D3,2D3,3D3,4D3,5D2,7D2,12D;1D3,5D2,7D2,8D,12D. The van der Waals surface area contributed by atoms with Crippen LogP contribution in [-0.4, -0.2) is 155 Å². The van der Waals surface area contributed by atoms with Crippen LogP contribution in [-0.2, 0) is 0 Å². The van der Waals surface area contributed by atoms with Gasteiger partial charge in [0, 0.05) is 138 Å². The van der Waals surface area contributed by atoms with Crippen LogP contribution in [0.4, 0.5) is 35.4 Å². The predicted molar refractivity (Wildman–Crippen MR) is 358 cm³/mol. The van der Waals surface area contributed by atoms with Crippen LogP contribution in [0.25, 0.3) is 0 Å². The van der Waals surface area contributed by atoms with Crippen LogP contribution in [0, 0.1) is 23.6 Å². The van der Waals surface area contributed by atoms with Crippen LogP contribution in [0.1, 0.15) is 317 Å². The third kappa shape index (κ3) is 24.8. The van der Waals surface area contributed by atoms with E-state index in [-0.39, 0.29) is 5.95 Å². The first kappa shape index (κ1) is 25.0. The molecule has 4 amide bonds. The van der Waals surface area contributed by atoms with Crippen LogP contribution >= 0.6 is 0 Å². The molecule has 92 heavy (non-hydrogen) atoms. The van der Waals surface area contributed by atoms with Gasteiger partial charge in [-0.25, -0.2) is 19.9 Å². The maximum atomic E-state index is 12.2. The monoisotopic (exact) mass is 1350 g/mol. The summed E-state index contributed by atoms with van der Waals surface area (Å²) in [6.07, 6.45) is -49.7. The number of carbonyl (C=O) groups is 4. The number of hydrogen-bond donors (Lipinski definition) is 16. The number of carbonyl (C=O) groups excluding carboxylic acids is 4. The van der Waals surface area contributed by atoms with Crippen LogP contribution in [0.2, 0.25) is 0 Å². The Bertz CT molecular complexity index is 5930. The highest BCUT2D eigenvalue weighted by atomic mass is 16.3. The summed E-state index contributed by atoms with van der Waals surface area (Å²) in [6.45, 7) is -42.7. The van der Waals surface area contributed by atoms with Crippen molar-refractivity contribution in [3.8, 4) is 0 Å². The number of aromatic nitrogens is 8. The Kier molecular flexibility index (Phi) is 8.77. The first-order valence-corrected chi connectivity index (χ1v) is 25.7. The fraction of sp³-hybridized carbons (Fsp3) is 0.688. The highest BCUT2D eigenvalue weighted by molar-refractivity contribution is 5.98. The van der Waals surface area contributed by atoms with Crippen LogP contribution in [0.15, 0.2) is 34.7 Å². The van der Waals surface area contributed by atoms with Crippen molar-refractivity contribution in [1.82, 2.24) is 39.9 Å². The second kappa shape index (κ2) is 32.3. The number of primary amides is 4. The minimum absolute atomic E-state index is 0.00728. The van der Waals surface area contributed by atoms with Crippen molar-refractivity contribution in [3.63, 3.8) is 0 Å². The van der Waals surface area contributed by atoms with Gasteiger partial charge < -0.3 is 85.2 Å². The molecular weight excluding hydrogens is 1180 g/mol. The normalized spacial score (nSPS) is 47.5. The minimum Gasteiger partial charge on any atom is -0.393 e. The van der Waals surface area contributed by atoms with Gasteiger partial charge >= 0.3 is 0 Å². The van der Waals surface area contributed by atoms with Crippen LogP contribution in [0.5, 0.6) is 0 Å². The second-order valence-electron chi connectivity index (χ2n) is 19.9. The zero-order valence-electron chi connectivity index (χ0n) is 113. The number of nitrogens with two attached hydrogens (primary N) is 4. The molecule has 4 aromatic heterocycles. The maximum Gasteiger partial charge on any atom is 0.254 e. The van der Waals surface area contributed by atoms with Crippen molar-refractivity contribution in [2.45, 2.75) is 257 Å². The maximum absolute atomic E-state index is 12.2. The number of aliphatic hydroxyl groups is 4. The van der Waals surface area contributed by atoms with E-state index in [9.17, 15) is 39.6 Å². The fourth-order valence-corrected chi connectivity index (χ4v) is 6.91. The van der Waals surface area contributed by atoms with Crippen LogP contribution < -0.4 is 65.8 Å². The lowest BCUT2D eigenvalue weighted by atomic mass is 9.85. The quantitative estimate of drug-likeness (QED) is 0.0705. The molecule has 28 nitrogen and oxygen atoms in total. The second-order valence-corrected chi connectivity index (χ2v) is 19.9. The third-order valence-corrected chi connectivity index (χ3v) is 10.8. The van der Waals surface area contributed by atoms with Crippen molar-refractivity contribution in [3.05, 3.63) is 58.0 Å². The average Bonchev–Trinajstić information content (AvgIpc) is 0.646. The predicted octanol–water partition coefficient (Wildman–Crippen LogP) is 5.83. The molecular formula is C64H108N20O8. The van der Waals surface area contributed by atoms with Crippen molar-refractivity contribution in [1.29, 1.82) is 0 Å². The Morgan fingerprint density at radius 1 is 0.533 bits per heavy atom. The first-order chi connectivity index (χ1) is 68.4. The summed E-state index contributed by atoms with van der Waals surface area (Å²) in [4.78, 5) is 82.3. The summed E-state index contributed by atoms with van der Waals surface area (Å²) >= 11 is 0. The Hall–Kier alpha value is -7.56. The van der Waals surface area contributed by atoms with E-state index in [4.69, 9.17) is 112 Å². The van der Waals surface area contributed by atoms with Gasteiger partial charge in [-0.1, -0.05) is 27.4 Å². The van der Waals surface area contributed by atoms with Crippen molar-refractivity contribution in [2.75, 3.05) is 31.9 Å². The molecule has 0 spiro atoms. The molecule has 4 fully saturated rings. The molecule has 0 saturated heterocycles. The summed E-state index contributed by atoms with van der Waals surface area (Å²) in [5.74, 6) is -22.5. The Morgan fingerprint density at radius 3 is 1.36 bits per heavy atom. The van der Waals surface area contributed by atoms with E-state index >= 15 is 0 Å². The number of nitrogens with one attached hydrogen (secondary N) is 8. The lowest BCUT2D eigenvalue weighted by molar-refractivity contribution is 0.0702. The molecule has 4 aromatic rings. The van der Waals surface area contributed by atoms with Crippen LogP contribution in [0.3, 0.4) is 0 Å². The summed E-state index contributed by atoms with van der Waals surface area (Å²) in [6, 6.07) is -10.1. The molecule has 8 rings (SSSR count). The van der Waals surface area contributed by atoms with Crippen molar-refractivity contribution < 1.29 is 129 Å². The van der Waals surface area contributed by atoms with E-state index in [0.717, 1.165) is 0 Å². The van der Waals surface area contributed by atoms with E-state index in [1.54, 1.807) is 42.0 Å². The summed E-state index contributed by atoms with van der Waals surface area (Å²) < 4.78 is 512. The number of amides is 4. The highest BCUT2D eigenvalue weighted by Crippen LogP contribution is 2.31. The summed E-state index contributed by atoms with van der Waals surface area (Å²) in [7, 11) is 0. The zero-order valence-corrected chi connectivity index (χ0v) is 48.0. The molecule has 12 unspecified atom stereocenters. The number of nitrogens with zero attached hydrogens (tertiary/aromatic N) is 8. The number of aromatic amines is 2. The number of rotatable bonds is 14. The number of H-pyrrole nitrogens is 2. The number of anilines is 6. The third-order valence-electron chi connectivity index (χ3n) is 10.8. The molecule has 0 bridgehead atoms. The molecule has 4 aliphatic rings. The molecule has 0 radical (unpaired) electrons. The van der Waals surface area contributed by atoms with Gasteiger partial charge in [0.15, 0.2) is 0 Å². The lowest BCUT2D eigenvalue weighted by Gasteiger charge is -2.32. The van der Waals surface area contributed by atoms with Gasteiger partial charge in [0.1, 0.15) is 22.6 Å². The largest absolute Gasteiger partial charge is 0.393 e. The lowest BCUT2D eigenvalue weighted by Crippen LogP contribution is -2.36. The summed E-state index contributed by atoms with van der Waals surface area (Å²) in [5.41, 5.74) is 4.92. The molecule has 12 atom stereocenters. The molecule has 0 aromatic carbocycles. The molecule has 28 heteroatoms. The van der Waals surface area contributed by atoms with Gasteiger partial charge in [-0.15, -0.1) is 0 Å². The van der Waals surface area contributed by atoms with Gasteiger partial charge in [-0.2, -0.15) is 9.97 Å². The average molecular weight is 1350 g/mol. The van der Waals surface area contributed by atoms with E-state index in [1.165, 1.54) is 0 Å². The Balaban J connectivity index is 0.000000369. The van der Waals surface area contributed by atoms with Gasteiger partial charge in [0.05, 0.1) is 68.3 Å². The molecule has 4 aliphatic carbocycles. The minimum atomic E-state index is -4.48. The molecule has 20 N–H and O–H groups in total. The molecule has 4 saturated carbocycles. The molecule has 512 valence electrons. The fourth-order valence-electron chi connectivity index (χ4n) is 6.91. The molecule has 4 heterocycles. The van der Waals surface area contributed by atoms with Crippen molar-refractivity contribution in [2.24, 2.45) is 56.6 Å². The van der Waals surface area contributed by atoms with E-state index < -0.39 is 359 Å². The van der Waals surface area contributed by atoms with Gasteiger partial charge in [-0.05, 0) is 183 Å². The smallest absolute Gasteiger partial charge is 0.254 e. The van der Waals surface area contributed by atoms with E-state index in [1.807, 2.05) is 0 Å². The number of hydrogen-bond acceptors (Lipinski definition) is 22. The Labute approximate surface area is 632 Å². The van der Waals surface area contributed by atoms with E-state index in [2.05, 4.69) is 60.5 Å². The topological polar surface area (TPSA) is 459 Å². The van der Waals surface area contributed by atoms with Gasteiger partial charge in [0.2, 0.25) is 23.8 Å². The van der Waals surface area contributed by atoms with Gasteiger partial charge in [0.25, 0.3) is 23.6 Å². The van der Waals surface area contributed by atoms with Crippen molar-refractivity contribution >= 4 is 59.1 Å². The Morgan fingerprint density at radius 2 is 0.946 bits per heavy atom. The SMILES string of the molecule is [2H]C([2H])([2H])C1([2H])C([2H])([2H])C([2H])([2H])C([2H])(Nc2nc(NC(C([2H])([2H])[2H])(C([2H])([2H])[2H])C([2H])([2H])[2H])ncc2C(N)=O)C([2H])([2H])C1([2H])O.[2H]C([2H])([2H])C1C([2H])([2H])CC(Nc2nc(NC(C([2H])([2H])[2H])(C([2H])([2H])[2H])C([2H])([2H])[2H])ncc2C(N)=O)C([2H])([2H])C1([2H])O.[2H]c1nc(NC(C([2H])([2H])[2H])(C([2H])([2H])[2H])C([2H])([2H])[2H])[nH]c(=NC2CC([2H])([2H])C(C([2H])([2H])[2H])C([2H])(O)C2([2H])[2H])c1C(N)=O.[2H]c1nc(NC(C)(C)C)[nH]c(=NC2CC([2H])([2H])C(C([2H])([2H])[2H])C([2H])(O)C2([2H])[2H])c1C(N)=O. The first-order valence-electron chi connectivity index (χ1n) is 58.2. The van der Waals surface area contributed by atoms with Gasteiger partial charge in [-0.3, -0.25) is 29.2 Å². The zero-order chi connectivity index (χ0) is 125. The molecule has 0 aliphatic heterocycles.